The van der Waals surface area contributed by atoms with Crippen molar-refractivity contribution in [3.8, 4) is 0 Å². The van der Waals surface area contributed by atoms with Crippen LogP contribution in [0.5, 0.6) is 0 Å². The second-order valence-electron chi connectivity index (χ2n) is 4.23. The number of allylic oxidation sites excluding steroid dienone is 4. The quantitative estimate of drug-likeness (QED) is 0.841. The van der Waals surface area contributed by atoms with Gasteiger partial charge in [-0.3, -0.25) is 9.13 Å². The van der Waals surface area contributed by atoms with Crippen LogP contribution in [0.4, 0.5) is 5.82 Å². The molecule has 0 aliphatic carbocycles. The first-order valence-electron chi connectivity index (χ1n) is 6.32. The maximum absolute atomic E-state index is 12.6. The van der Waals surface area contributed by atoms with Gasteiger partial charge >= 0.3 is 5.69 Å². The van der Waals surface area contributed by atoms with E-state index < -0.39 is 0 Å². The third-order valence-corrected chi connectivity index (χ3v) is 2.94. The van der Waals surface area contributed by atoms with Crippen molar-refractivity contribution in [1.29, 1.82) is 0 Å². The van der Waals surface area contributed by atoms with Crippen molar-refractivity contribution >= 4 is 22.7 Å². The van der Waals surface area contributed by atoms with Gasteiger partial charge in [0.2, 0.25) is 0 Å². The Kier molecular flexibility index (Phi) is 3.84. The zero-order valence-corrected chi connectivity index (χ0v) is 11.4. The van der Waals surface area contributed by atoms with Crippen LogP contribution in [-0.2, 0) is 6.54 Å². The van der Waals surface area contributed by atoms with Crippen molar-refractivity contribution in [3.63, 3.8) is 0 Å². The maximum Gasteiger partial charge on any atom is 0.335 e. The Hall–Kier alpha value is -2.63. The van der Waals surface area contributed by atoms with Gasteiger partial charge in [0, 0.05) is 6.54 Å². The highest BCUT2D eigenvalue weighted by Gasteiger charge is 2.18. The molecule has 0 aromatic carbocycles. The fourth-order valence-electron chi connectivity index (χ4n) is 2.12. The number of hydrogen-bond donors (Lipinski definition) is 1. The second-order valence-corrected chi connectivity index (χ2v) is 4.23. The van der Waals surface area contributed by atoms with Crippen LogP contribution in [0.25, 0.3) is 16.9 Å². The molecule has 0 unspecified atom stereocenters. The van der Waals surface area contributed by atoms with E-state index >= 15 is 0 Å². The first-order chi connectivity index (χ1) is 9.65. The molecule has 2 N–H and O–H groups in total. The molecule has 0 radical (unpaired) electrons. The summed E-state index contributed by atoms with van der Waals surface area (Å²) in [6.07, 6.45) is 7.03. The van der Waals surface area contributed by atoms with Crippen molar-refractivity contribution < 1.29 is 0 Å². The van der Waals surface area contributed by atoms with Gasteiger partial charge in [-0.2, -0.15) is 0 Å². The Labute approximate surface area is 116 Å². The van der Waals surface area contributed by atoms with E-state index in [4.69, 9.17) is 5.73 Å². The second kappa shape index (κ2) is 5.56. The molecule has 2 aromatic heterocycles. The molecule has 0 spiro atoms. The largest absolute Gasteiger partial charge is 0.382 e. The number of aromatic nitrogens is 4. The van der Waals surface area contributed by atoms with E-state index in [2.05, 4.69) is 23.1 Å². The maximum atomic E-state index is 12.6. The summed E-state index contributed by atoms with van der Waals surface area (Å²) in [7, 11) is 0. The van der Waals surface area contributed by atoms with Gasteiger partial charge < -0.3 is 5.73 Å². The zero-order valence-electron chi connectivity index (χ0n) is 11.4. The Balaban J connectivity index is 2.93. The monoisotopic (exact) mass is 271 g/mol. The third kappa shape index (κ3) is 2.05. The minimum absolute atomic E-state index is 0.206. The molecular weight excluding hydrogens is 254 g/mol. The van der Waals surface area contributed by atoms with Crippen LogP contribution in [0.1, 0.15) is 13.3 Å². The third-order valence-electron chi connectivity index (χ3n) is 2.94. The fraction of sp³-hybridized carbons (Fsp3) is 0.214. The number of nitrogens with zero attached hydrogens (tertiary/aromatic N) is 4. The minimum Gasteiger partial charge on any atom is -0.382 e. The van der Waals surface area contributed by atoms with Crippen LogP contribution in [-0.4, -0.2) is 19.1 Å². The summed E-state index contributed by atoms with van der Waals surface area (Å²) in [5.74, 6) is 0.263. The van der Waals surface area contributed by atoms with E-state index in [0.29, 0.717) is 23.4 Å². The molecule has 20 heavy (non-hydrogen) atoms. The summed E-state index contributed by atoms with van der Waals surface area (Å²) in [5.41, 5.74) is 7.32. The van der Waals surface area contributed by atoms with Crippen molar-refractivity contribution in [2.75, 3.05) is 5.73 Å². The Bertz CT molecular complexity index is 751. The van der Waals surface area contributed by atoms with Crippen LogP contribution in [0, 0.1) is 0 Å². The number of rotatable bonds is 5. The van der Waals surface area contributed by atoms with Gasteiger partial charge in [0.1, 0.15) is 11.8 Å². The molecule has 0 fully saturated rings. The van der Waals surface area contributed by atoms with Gasteiger partial charge in [-0.15, -0.1) is 0 Å². The average molecular weight is 271 g/mol. The molecule has 0 atom stereocenters. The van der Waals surface area contributed by atoms with Gasteiger partial charge in [-0.1, -0.05) is 26.2 Å². The first kappa shape index (κ1) is 13.8. The standard InChI is InChI=1S/C14H17N5O/c1-4-7-10(6-3)19-11-12(15)16-9-17-13(11)18(8-5-2)14(19)20/h4,6-7,9H,1,3,5,8H2,2H3,(H2,15,16,17)/b10-7+. The number of hydrogen-bond acceptors (Lipinski definition) is 4. The van der Waals surface area contributed by atoms with Crippen molar-refractivity contribution in [2.45, 2.75) is 19.9 Å². The molecule has 2 rings (SSSR count). The van der Waals surface area contributed by atoms with Crippen molar-refractivity contribution in [2.24, 2.45) is 0 Å². The van der Waals surface area contributed by atoms with Crippen LogP contribution < -0.4 is 11.4 Å². The molecule has 0 amide bonds. The molecule has 104 valence electrons. The lowest BCUT2D eigenvalue weighted by atomic mass is 10.3. The van der Waals surface area contributed by atoms with Crippen molar-refractivity contribution in [3.05, 3.63) is 48.2 Å². The van der Waals surface area contributed by atoms with Gasteiger partial charge in [0.25, 0.3) is 0 Å². The lowest BCUT2D eigenvalue weighted by Crippen LogP contribution is -2.23. The normalized spacial score (nSPS) is 11.8. The number of aryl methyl sites for hydroxylation is 1. The van der Waals surface area contributed by atoms with Gasteiger partial charge in [0.05, 0.1) is 5.70 Å². The zero-order chi connectivity index (χ0) is 14.7. The predicted molar refractivity (Wildman–Crippen MR) is 81.2 cm³/mol. The van der Waals surface area contributed by atoms with Crippen LogP contribution in [0.2, 0.25) is 0 Å². The van der Waals surface area contributed by atoms with Gasteiger partial charge in [-0.05, 0) is 18.6 Å². The molecule has 0 saturated carbocycles. The van der Waals surface area contributed by atoms with E-state index in [9.17, 15) is 4.79 Å². The highest BCUT2D eigenvalue weighted by atomic mass is 16.1. The summed E-state index contributed by atoms with van der Waals surface area (Å²) in [6.45, 7) is 9.92. The Morgan fingerprint density at radius 1 is 1.45 bits per heavy atom. The summed E-state index contributed by atoms with van der Waals surface area (Å²) in [5, 5.41) is 0. The summed E-state index contributed by atoms with van der Waals surface area (Å²) in [6, 6.07) is 0. The highest BCUT2D eigenvalue weighted by molar-refractivity contribution is 5.86. The smallest absolute Gasteiger partial charge is 0.335 e. The molecule has 6 heteroatoms. The average Bonchev–Trinajstić information content (AvgIpc) is 2.72. The Morgan fingerprint density at radius 3 is 2.80 bits per heavy atom. The predicted octanol–water partition coefficient (Wildman–Crippen LogP) is 1.80. The number of fused-ring (bicyclic) bond motifs is 1. The summed E-state index contributed by atoms with van der Waals surface area (Å²) < 4.78 is 3.06. The molecule has 0 aliphatic heterocycles. The first-order valence-corrected chi connectivity index (χ1v) is 6.32. The lowest BCUT2D eigenvalue weighted by Gasteiger charge is -2.03. The van der Waals surface area contributed by atoms with E-state index in [1.807, 2.05) is 6.92 Å². The number of nitrogen functional groups attached to an aromatic ring is 1. The molecule has 2 aromatic rings. The Morgan fingerprint density at radius 2 is 2.20 bits per heavy atom. The van der Waals surface area contributed by atoms with Crippen molar-refractivity contribution in [1.82, 2.24) is 19.1 Å². The van der Waals surface area contributed by atoms with E-state index in [0.717, 1.165) is 6.42 Å². The molecular formula is C14H17N5O. The molecule has 0 aliphatic rings. The minimum atomic E-state index is -0.206. The van der Waals surface area contributed by atoms with E-state index in [-0.39, 0.29) is 11.5 Å². The fourth-order valence-corrected chi connectivity index (χ4v) is 2.12. The summed E-state index contributed by atoms with van der Waals surface area (Å²) in [4.78, 5) is 20.7. The molecule has 0 saturated heterocycles. The highest BCUT2D eigenvalue weighted by Crippen LogP contribution is 2.20. The van der Waals surface area contributed by atoms with Gasteiger partial charge in [0.15, 0.2) is 11.5 Å². The molecule has 0 bridgehead atoms. The molecule has 2 heterocycles. The van der Waals surface area contributed by atoms with Gasteiger partial charge in [-0.25, -0.2) is 14.8 Å². The lowest BCUT2D eigenvalue weighted by molar-refractivity contribution is 0.661. The van der Waals surface area contributed by atoms with E-state index in [1.54, 1.807) is 22.8 Å². The summed E-state index contributed by atoms with van der Waals surface area (Å²) >= 11 is 0. The SMILES string of the molecule is C=C/C=C(\C=C)n1c(=O)n(CCC)c2ncnc(N)c21. The topological polar surface area (TPSA) is 78.7 Å². The number of anilines is 1. The van der Waals surface area contributed by atoms with Crippen LogP contribution in [0.15, 0.2) is 42.5 Å². The van der Waals surface area contributed by atoms with E-state index in [1.165, 1.54) is 10.9 Å². The molecule has 6 nitrogen and oxygen atoms in total. The number of imidazole rings is 1. The van der Waals surface area contributed by atoms with Crippen LogP contribution in [0.3, 0.4) is 0 Å². The van der Waals surface area contributed by atoms with Crippen LogP contribution >= 0.6 is 0 Å². The number of nitrogens with two attached hydrogens (primary N) is 1.